The van der Waals surface area contributed by atoms with Crippen molar-refractivity contribution in [3.63, 3.8) is 0 Å². The number of ether oxygens (including phenoxy) is 1. The zero-order valence-electron chi connectivity index (χ0n) is 20.7. The van der Waals surface area contributed by atoms with Gasteiger partial charge < -0.3 is 26.0 Å². The lowest BCUT2D eigenvalue weighted by molar-refractivity contribution is 0.0158. The Morgan fingerprint density at radius 1 is 1.16 bits per heavy atom. The summed E-state index contributed by atoms with van der Waals surface area (Å²) in [6.45, 7) is 0. The van der Waals surface area contributed by atoms with E-state index in [9.17, 15) is 15.0 Å². The molecule has 0 amide bonds. The summed E-state index contributed by atoms with van der Waals surface area (Å²) < 4.78 is 5.93. The Morgan fingerprint density at radius 3 is 2.71 bits per heavy atom. The number of halogens is 1. The van der Waals surface area contributed by atoms with Crippen LogP contribution in [0, 0.1) is 5.92 Å². The highest BCUT2D eigenvalue weighted by Gasteiger charge is 2.41. The maximum atomic E-state index is 13.2. The number of anilines is 2. The number of carbonyl (C=O) groups excluding carboxylic acids is 1. The van der Waals surface area contributed by atoms with E-state index in [1.54, 1.807) is 31.4 Å². The van der Waals surface area contributed by atoms with Crippen LogP contribution < -0.4 is 15.8 Å². The molecular weight excluding hydrogens is 550 g/mol. The zero-order valence-corrected chi connectivity index (χ0v) is 22.3. The SMILES string of the molecule is COc1ccc(C(=O)c2cncnc2N[C@@H]2C[C@H](CCc3ccc4cc(Br)c(N)nc4c3)[C@@H](O)[C@H]2O)cc1. The summed E-state index contributed by atoms with van der Waals surface area (Å²) in [4.78, 5) is 25.9. The van der Waals surface area contributed by atoms with Crippen molar-refractivity contribution >= 4 is 44.3 Å². The number of aliphatic hydroxyl groups is 2. The van der Waals surface area contributed by atoms with Crippen molar-refractivity contribution in [2.75, 3.05) is 18.2 Å². The van der Waals surface area contributed by atoms with Crippen LogP contribution in [0.4, 0.5) is 11.6 Å². The number of benzene rings is 2. The first-order valence-corrected chi connectivity index (χ1v) is 13.1. The van der Waals surface area contributed by atoms with Gasteiger partial charge in [-0.15, -0.1) is 0 Å². The number of ketones is 1. The molecule has 5 N–H and O–H groups in total. The monoisotopic (exact) mass is 577 g/mol. The molecule has 0 unspecified atom stereocenters. The molecule has 5 rings (SSSR count). The molecule has 0 aliphatic heterocycles. The maximum Gasteiger partial charge on any atom is 0.198 e. The second kappa shape index (κ2) is 11.0. The first kappa shape index (κ1) is 26.0. The van der Waals surface area contributed by atoms with E-state index in [4.69, 9.17) is 10.5 Å². The van der Waals surface area contributed by atoms with E-state index in [1.807, 2.05) is 24.3 Å². The molecule has 0 spiro atoms. The Bertz CT molecular complexity index is 1470. The van der Waals surface area contributed by atoms with Gasteiger partial charge in [-0.25, -0.2) is 15.0 Å². The highest BCUT2D eigenvalue weighted by molar-refractivity contribution is 9.10. The van der Waals surface area contributed by atoms with E-state index in [0.29, 0.717) is 42.2 Å². The molecule has 1 saturated carbocycles. The van der Waals surface area contributed by atoms with E-state index < -0.39 is 18.2 Å². The normalized spacial score (nSPS) is 20.9. The molecule has 0 bridgehead atoms. The summed E-state index contributed by atoms with van der Waals surface area (Å²) in [5, 5.41) is 25.8. The minimum Gasteiger partial charge on any atom is -0.497 e. The van der Waals surface area contributed by atoms with Crippen LogP contribution in [-0.2, 0) is 6.42 Å². The zero-order chi connectivity index (χ0) is 26.8. The summed E-state index contributed by atoms with van der Waals surface area (Å²) in [5.41, 5.74) is 8.58. The van der Waals surface area contributed by atoms with Gasteiger partial charge >= 0.3 is 0 Å². The third-order valence-corrected chi connectivity index (χ3v) is 7.73. The summed E-state index contributed by atoms with van der Waals surface area (Å²) in [6, 6.07) is 14.3. The summed E-state index contributed by atoms with van der Waals surface area (Å²) in [7, 11) is 1.56. The molecule has 2 heterocycles. The van der Waals surface area contributed by atoms with Gasteiger partial charge in [0.2, 0.25) is 0 Å². The van der Waals surface area contributed by atoms with Gasteiger partial charge in [-0.2, -0.15) is 0 Å². The Kier molecular flexibility index (Phi) is 7.55. The largest absolute Gasteiger partial charge is 0.497 e. The van der Waals surface area contributed by atoms with Crippen molar-refractivity contribution in [1.29, 1.82) is 0 Å². The molecule has 10 heteroatoms. The first-order chi connectivity index (χ1) is 18.3. The van der Waals surface area contributed by atoms with Crippen molar-refractivity contribution < 1.29 is 19.7 Å². The number of rotatable bonds is 8. The van der Waals surface area contributed by atoms with Crippen LogP contribution >= 0.6 is 15.9 Å². The number of pyridine rings is 1. The Hall–Kier alpha value is -3.60. The molecule has 38 heavy (non-hydrogen) atoms. The summed E-state index contributed by atoms with van der Waals surface area (Å²) in [6.07, 6.45) is 2.81. The Morgan fingerprint density at radius 2 is 1.95 bits per heavy atom. The topological polar surface area (TPSA) is 143 Å². The van der Waals surface area contributed by atoms with Crippen LogP contribution in [0.1, 0.15) is 34.3 Å². The van der Waals surface area contributed by atoms with Gasteiger partial charge in [-0.05, 0) is 83.1 Å². The van der Waals surface area contributed by atoms with Crippen LogP contribution in [0.25, 0.3) is 10.9 Å². The molecular formula is C28H28BrN5O4. The highest BCUT2D eigenvalue weighted by atomic mass is 79.9. The van der Waals surface area contributed by atoms with Crippen molar-refractivity contribution in [3.8, 4) is 5.75 Å². The van der Waals surface area contributed by atoms with Gasteiger partial charge in [0, 0.05) is 17.1 Å². The van der Waals surface area contributed by atoms with E-state index >= 15 is 0 Å². The minimum absolute atomic E-state index is 0.135. The number of hydrogen-bond acceptors (Lipinski definition) is 9. The quantitative estimate of drug-likeness (QED) is 0.230. The standard InChI is InChI=1S/C28H28BrN5O4/c1-38-19-8-6-16(7-9-19)24(35)20-13-31-14-32-28(20)34-23-12-18(25(36)26(23)37)5-3-15-2-4-17-11-21(29)27(30)33-22(17)10-15/h2,4,6-11,13-14,18,23,25-26,36-37H,3,5,12H2,1H3,(H2,30,33)(H,31,32,34)/t18-,23+,25+,26-/m0/s1. The third kappa shape index (κ3) is 5.33. The lowest BCUT2D eigenvalue weighted by Gasteiger charge is -2.19. The van der Waals surface area contributed by atoms with Gasteiger partial charge in [0.1, 0.15) is 29.8 Å². The molecule has 4 aromatic rings. The number of carbonyl (C=O) groups is 1. The number of hydrogen-bond donors (Lipinski definition) is 4. The number of aryl methyl sites for hydroxylation is 1. The number of nitrogens with zero attached hydrogens (tertiary/aromatic N) is 3. The van der Waals surface area contributed by atoms with E-state index in [0.717, 1.165) is 20.9 Å². The lowest BCUT2D eigenvalue weighted by atomic mass is 9.95. The molecule has 1 aliphatic rings. The van der Waals surface area contributed by atoms with Gasteiger partial charge in [-0.3, -0.25) is 4.79 Å². The minimum atomic E-state index is -1.01. The number of nitrogen functional groups attached to an aromatic ring is 1. The number of fused-ring (bicyclic) bond motifs is 1. The van der Waals surface area contributed by atoms with Crippen LogP contribution in [0.3, 0.4) is 0 Å². The van der Waals surface area contributed by atoms with Crippen LogP contribution in [0.5, 0.6) is 5.75 Å². The number of methoxy groups -OCH3 is 1. The number of nitrogens with one attached hydrogen (secondary N) is 1. The van der Waals surface area contributed by atoms with E-state index in [1.165, 1.54) is 12.5 Å². The first-order valence-electron chi connectivity index (χ1n) is 12.3. The second-order valence-corrected chi connectivity index (χ2v) is 10.3. The van der Waals surface area contributed by atoms with E-state index in [2.05, 4.69) is 36.2 Å². The molecule has 1 aliphatic carbocycles. The van der Waals surface area contributed by atoms with Crippen LogP contribution in [0.2, 0.25) is 0 Å². The predicted octanol–water partition coefficient (Wildman–Crippen LogP) is 3.76. The average molecular weight is 578 g/mol. The third-order valence-electron chi connectivity index (χ3n) is 7.10. The van der Waals surface area contributed by atoms with Crippen LogP contribution in [-0.4, -0.2) is 56.3 Å². The number of aliphatic hydroxyl groups excluding tert-OH is 2. The predicted molar refractivity (Wildman–Crippen MR) is 148 cm³/mol. The molecule has 0 saturated heterocycles. The smallest absolute Gasteiger partial charge is 0.198 e. The highest BCUT2D eigenvalue weighted by Crippen LogP contribution is 2.33. The molecule has 4 atom stereocenters. The molecule has 1 fully saturated rings. The summed E-state index contributed by atoms with van der Waals surface area (Å²) in [5.74, 6) is 1.02. The van der Waals surface area contributed by atoms with Crippen molar-refractivity contribution in [3.05, 3.63) is 82.2 Å². The fourth-order valence-corrected chi connectivity index (χ4v) is 5.28. The maximum absolute atomic E-state index is 13.2. The molecule has 0 radical (unpaired) electrons. The van der Waals surface area contributed by atoms with Crippen molar-refractivity contribution in [2.24, 2.45) is 5.92 Å². The lowest BCUT2D eigenvalue weighted by Crippen LogP contribution is -2.35. The van der Waals surface area contributed by atoms with Crippen molar-refractivity contribution in [2.45, 2.75) is 37.5 Å². The Balaban J connectivity index is 1.27. The van der Waals surface area contributed by atoms with Gasteiger partial charge in [0.25, 0.3) is 0 Å². The molecule has 2 aromatic heterocycles. The fourth-order valence-electron chi connectivity index (χ4n) is 4.95. The van der Waals surface area contributed by atoms with Crippen molar-refractivity contribution in [1.82, 2.24) is 15.0 Å². The summed E-state index contributed by atoms with van der Waals surface area (Å²) >= 11 is 3.40. The second-order valence-electron chi connectivity index (χ2n) is 9.49. The fraction of sp³-hybridized carbons (Fsp3) is 0.286. The van der Waals surface area contributed by atoms with Crippen LogP contribution in [0.15, 0.2) is 65.5 Å². The molecule has 9 nitrogen and oxygen atoms in total. The number of nitrogens with two attached hydrogens (primary N) is 1. The average Bonchev–Trinajstić information content (AvgIpc) is 3.20. The number of aromatic nitrogens is 3. The van der Waals surface area contributed by atoms with Gasteiger partial charge in [0.15, 0.2) is 5.78 Å². The Labute approximate surface area is 228 Å². The van der Waals surface area contributed by atoms with Gasteiger partial charge in [-0.1, -0.05) is 12.1 Å². The molecule has 2 aromatic carbocycles. The van der Waals surface area contributed by atoms with E-state index in [-0.39, 0.29) is 17.3 Å². The molecule has 196 valence electrons. The van der Waals surface area contributed by atoms with Gasteiger partial charge in [0.05, 0.1) is 34.8 Å².